The van der Waals surface area contributed by atoms with Crippen LogP contribution in [0.3, 0.4) is 0 Å². The second kappa shape index (κ2) is 4.36. The first-order valence-electron chi connectivity index (χ1n) is 4.54. The van der Waals surface area contributed by atoms with Gasteiger partial charge in [-0.3, -0.25) is 0 Å². The Hall–Kier alpha value is -1.48. The van der Waals surface area contributed by atoms with Gasteiger partial charge in [-0.25, -0.2) is 4.39 Å². The zero-order valence-corrected chi connectivity index (χ0v) is 8.71. The Morgan fingerprint density at radius 3 is 2.40 bits per heavy atom. The predicted octanol–water partition coefficient (Wildman–Crippen LogP) is 3.22. The van der Waals surface area contributed by atoms with Crippen LogP contribution >= 0.6 is 11.3 Å². The van der Waals surface area contributed by atoms with E-state index in [1.807, 2.05) is 16.8 Å². The van der Waals surface area contributed by atoms with Gasteiger partial charge in [0.05, 0.1) is 5.92 Å². The smallest absolute Gasteiger partial charge is 0.131 e. The molecule has 2 aromatic rings. The number of carbonyl (C=O) groups is 1. The summed E-state index contributed by atoms with van der Waals surface area (Å²) in [5.41, 5.74) is 1.78. The largest absolute Gasteiger partial charge is 0.302 e. The molecule has 1 atom stereocenters. The van der Waals surface area contributed by atoms with Gasteiger partial charge in [-0.2, -0.15) is 11.3 Å². The molecular formula is C12H9FOS. The van der Waals surface area contributed by atoms with Crippen LogP contribution in [0.5, 0.6) is 0 Å². The number of aldehydes is 1. The molecule has 1 nitrogen and oxygen atoms in total. The lowest BCUT2D eigenvalue weighted by atomic mass is 9.95. The SMILES string of the molecule is O=CC(c1ccc(F)cc1)c1ccsc1. The van der Waals surface area contributed by atoms with E-state index in [-0.39, 0.29) is 11.7 Å². The maximum absolute atomic E-state index is 12.7. The number of carbonyl (C=O) groups excluding carboxylic acids is 1. The van der Waals surface area contributed by atoms with Gasteiger partial charge in [0.2, 0.25) is 0 Å². The van der Waals surface area contributed by atoms with E-state index in [0.29, 0.717) is 0 Å². The molecule has 15 heavy (non-hydrogen) atoms. The van der Waals surface area contributed by atoms with Gasteiger partial charge < -0.3 is 4.79 Å². The summed E-state index contributed by atoms with van der Waals surface area (Å²) >= 11 is 1.55. The third-order valence-corrected chi connectivity index (χ3v) is 2.97. The number of thiophene rings is 1. The first-order chi connectivity index (χ1) is 7.31. The maximum Gasteiger partial charge on any atom is 0.131 e. The van der Waals surface area contributed by atoms with E-state index in [1.165, 1.54) is 12.1 Å². The normalized spacial score (nSPS) is 12.3. The number of hydrogen-bond acceptors (Lipinski definition) is 2. The van der Waals surface area contributed by atoms with Crippen molar-refractivity contribution in [3.05, 3.63) is 58.0 Å². The Labute approximate surface area is 91.2 Å². The summed E-state index contributed by atoms with van der Waals surface area (Å²) in [6.07, 6.45) is 0.884. The molecule has 1 aromatic heterocycles. The van der Waals surface area contributed by atoms with Crippen molar-refractivity contribution in [1.29, 1.82) is 0 Å². The molecule has 76 valence electrons. The van der Waals surface area contributed by atoms with Gasteiger partial charge in [-0.15, -0.1) is 0 Å². The lowest BCUT2D eigenvalue weighted by Crippen LogP contribution is -2.00. The maximum atomic E-state index is 12.7. The van der Waals surface area contributed by atoms with Crippen LogP contribution in [-0.4, -0.2) is 6.29 Å². The van der Waals surface area contributed by atoms with Crippen LogP contribution in [0.2, 0.25) is 0 Å². The summed E-state index contributed by atoms with van der Waals surface area (Å²) in [5.74, 6) is -0.564. The van der Waals surface area contributed by atoms with Crippen molar-refractivity contribution < 1.29 is 9.18 Å². The number of hydrogen-bond donors (Lipinski definition) is 0. The van der Waals surface area contributed by atoms with Gasteiger partial charge in [-0.1, -0.05) is 12.1 Å². The van der Waals surface area contributed by atoms with Crippen molar-refractivity contribution >= 4 is 17.6 Å². The van der Waals surface area contributed by atoms with Crippen LogP contribution in [0.25, 0.3) is 0 Å². The molecule has 0 spiro atoms. The van der Waals surface area contributed by atoms with Gasteiger partial charge in [0.1, 0.15) is 12.1 Å². The summed E-state index contributed by atoms with van der Waals surface area (Å²) in [4.78, 5) is 11.0. The van der Waals surface area contributed by atoms with Crippen molar-refractivity contribution in [2.24, 2.45) is 0 Å². The molecule has 0 aliphatic carbocycles. The van der Waals surface area contributed by atoms with E-state index < -0.39 is 0 Å². The molecule has 0 saturated heterocycles. The van der Waals surface area contributed by atoms with Crippen molar-refractivity contribution in [3.8, 4) is 0 Å². The zero-order chi connectivity index (χ0) is 10.7. The molecule has 1 heterocycles. The highest BCUT2D eigenvalue weighted by Gasteiger charge is 2.13. The van der Waals surface area contributed by atoms with E-state index in [0.717, 1.165) is 17.4 Å². The quantitative estimate of drug-likeness (QED) is 0.726. The third-order valence-electron chi connectivity index (χ3n) is 2.27. The molecule has 0 fully saturated rings. The van der Waals surface area contributed by atoms with Gasteiger partial charge in [0, 0.05) is 0 Å². The van der Waals surface area contributed by atoms with Crippen LogP contribution in [0.4, 0.5) is 4.39 Å². The second-order valence-electron chi connectivity index (χ2n) is 3.22. The molecule has 0 N–H and O–H groups in total. The van der Waals surface area contributed by atoms with Crippen LogP contribution in [0.1, 0.15) is 17.0 Å². The van der Waals surface area contributed by atoms with Gasteiger partial charge in [-0.05, 0) is 40.1 Å². The summed E-state index contributed by atoms with van der Waals surface area (Å²) < 4.78 is 12.7. The van der Waals surface area contributed by atoms with Crippen LogP contribution in [0, 0.1) is 5.82 Å². The number of rotatable bonds is 3. The summed E-state index contributed by atoms with van der Waals surface area (Å²) in [5, 5.41) is 3.86. The number of halogens is 1. The fourth-order valence-corrected chi connectivity index (χ4v) is 2.17. The molecule has 0 aliphatic rings. The van der Waals surface area contributed by atoms with Crippen LogP contribution < -0.4 is 0 Å². The van der Waals surface area contributed by atoms with E-state index in [4.69, 9.17) is 0 Å². The first-order valence-corrected chi connectivity index (χ1v) is 5.48. The minimum atomic E-state index is -0.284. The third kappa shape index (κ3) is 2.13. The Morgan fingerprint density at radius 1 is 1.13 bits per heavy atom. The monoisotopic (exact) mass is 220 g/mol. The highest BCUT2D eigenvalue weighted by atomic mass is 32.1. The van der Waals surface area contributed by atoms with Crippen LogP contribution in [-0.2, 0) is 4.79 Å². The lowest BCUT2D eigenvalue weighted by Gasteiger charge is -2.08. The van der Waals surface area contributed by atoms with E-state index >= 15 is 0 Å². The first kappa shape index (κ1) is 10.1. The van der Waals surface area contributed by atoms with Crippen molar-refractivity contribution in [1.82, 2.24) is 0 Å². The molecule has 0 aliphatic heterocycles. The standard InChI is InChI=1S/C12H9FOS/c13-11-3-1-9(2-4-11)12(7-14)10-5-6-15-8-10/h1-8,12H. The summed E-state index contributed by atoms with van der Waals surface area (Å²) in [6.45, 7) is 0. The molecular weight excluding hydrogens is 211 g/mol. The molecule has 0 bridgehead atoms. The molecule has 0 amide bonds. The average molecular weight is 220 g/mol. The van der Waals surface area contributed by atoms with E-state index in [1.54, 1.807) is 23.5 Å². The molecule has 3 heteroatoms. The summed E-state index contributed by atoms with van der Waals surface area (Å²) in [7, 11) is 0. The molecule has 2 rings (SSSR count). The minimum Gasteiger partial charge on any atom is -0.302 e. The van der Waals surface area contributed by atoms with Gasteiger partial charge in [0.25, 0.3) is 0 Å². The lowest BCUT2D eigenvalue weighted by molar-refractivity contribution is -0.108. The zero-order valence-electron chi connectivity index (χ0n) is 7.89. The molecule has 1 aromatic carbocycles. The topological polar surface area (TPSA) is 17.1 Å². The Bertz CT molecular complexity index is 433. The van der Waals surface area contributed by atoms with Gasteiger partial charge >= 0.3 is 0 Å². The fraction of sp³-hybridized carbons (Fsp3) is 0.0833. The van der Waals surface area contributed by atoms with Crippen LogP contribution in [0.15, 0.2) is 41.1 Å². The highest BCUT2D eigenvalue weighted by molar-refractivity contribution is 7.08. The minimum absolute atomic E-state index is 0.281. The predicted molar refractivity (Wildman–Crippen MR) is 58.6 cm³/mol. The average Bonchev–Trinajstić information content (AvgIpc) is 2.75. The Kier molecular flexibility index (Phi) is 2.92. The Morgan fingerprint density at radius 2 is 1.87 bits per heavy atom. The van der Waals surface area contributed by atoms with Crippen molar-refractivity contribution in [2.45, 2.75) is 5.92 Å². The van der Waals surface area contributed by atoms with Crippen molar-refractivity contribution in [3.63, 3.8) is 0 Å². The molecule has 0 saturated carbocycles. The second-order valence-corrected chi connectivity index (χ2v) is 4.00. The summed E-state index contributed by atoms with van der Waals surface area (Å²) in [6, 6.07) is 7.95. The molecule has 1 unspecified atom stereocenters. The van der Waals surface area contributed by atoms with E-state index in [9.17, 15) is 9.18 Å². The highest BCUT2D eigenvalue weighted by Crippen LogP contribution is 2.24. The fourth-order valence-electron chi connectivity index (χ4n) is 1.47. The Balaban J connectivity index is 2.35. The van der Waals surface area contributed by atoms with Gasteiger partial charge in [0.15, 0.2) is 0 Å². The van der Waals surface area contributed by atoms with Crippen molar-refractivity contribution in [2.75, 3.05) is 0 Å². The molecule has 0 radical (unpaired) electrons. The number of benzene rings is 1. The van der Waals surface area contributed by atoms with E-state index in [2.05, 4.69) is 0 Å².